The Morgan fingerprint density at radius 3 is 1.00 bits per heavy atom. The van der Waals surface area contributed by atoms with Gasteiger partial charge in [0.15, 0.2) is 56.1 Å². The molecule has 63 nitrogen and oxygen atoms in total. The molecule has 3 aromatic carbocycles. The van der Waals surface area contributed by atoms with Gasteiger partial charge in [-0.25, -0.2) is 62.5 Å². The minimum atomic E-state index is -5.73. The molecule has 5 unspecified atom stereocenters. The van der Waals surface area contributed by atoms with Crippen molar-refractivity contribution < 1.29 is 140 Å². The lowest BCUT2D eigenvalue weighted by Gasteiger charge is -2.37. The summed E-state index contributed by atoms with van der Waals surface area (Å²) in [5, 5.41) is 11.1. The van der Waals surface area contributed by atoms with E-state index in [2.05, 4.69) is 79.7 Å². The third-order valence-electron chi connectivity index (χ3n) is 25.3. The summed E-state index contributed by atoms with van der Waals surface area (Å²) in [7, 11) is -25.0. The predicted octanol–water partition coefficient (Wildman–Crippen LogP) is 1.75. The molecule has 6 aliphatic rings. The van der Waals surface area contributed by atoms with Crippen molar-refractivity contribution in [3.05, 3.63) is 208 Å². The number of H-pyrrole nitrogens is 5. The number of fused-ring (bicyclic) bond motifs is 5. The van der Waals surface area contributed by atoms with E-state index in [1.165, 1.54) is 53.7 Å². The number of phosphoric acid groups is 5. The monoisotopic (exact) mass is 2170 g/mol. The summed E-state index contributed by atoms with van der Waals surface area (Å²) in [6.07, 6.45) is -22.2. The molecular weight excluding hydrogens is 2080 g/mol. The van der Waals surface area contributed by atoms with Crippen molar-refractivity contribution in [2.24, 2.45) is 0 Å². The van der Waals surface area contributed by atoms with Crippen LogP contribution in [-0.4, -0.2) is 264 Å². The highest BCUT2D eigenvalue weighted by molar-refractivity contribution is 7.48. The van der Waals surface area contributed by atoms with Crippen molar-refractivity contribution in [1.29, 1.82) is 0 Å². The molecule has 0 aliphatic carbocycles. The summed E-state index contributed by atoms with van der Waals surface area (Å²) >= 11 is 0. The number of aryl methyl sites for hydroxylation is 1. The molecule has 6 fully saturated rings. The van der Waals surface area contributed by atoms with E-state index in [-0.39, 0.29) is 91.9 Å². The maximum Gasteiger partial charge on any atom is 0.472 e. The minimum Gasteiger partial charge on any atom is -0.497 e. The van der Waals surface area contributed by atoms with Crippen LogP contribution in [0.1, 0.15) is 98.1 Å². The lowest BCUT2D eigenvalue weighted by atomic mass is 9.80. The first-order chi connectivity index (χ1) is 71.1. The maximum atomic E-state index is 14.9. The second-order valence-corrected chi connectivity index (χ2v) is 41.8. The van der Waals surface area contributed by atoms with Crippen molar-refractivity contribution >= 4 is 125 Å². The van der Waals surface area contributed by atoms with E-state index in [0.717, 1.165) is 39.0 Å². The first-order valence-electron chi connectivity index (χ1n) is 45.1. The largest absolute Gasteiger partial charge is 0.497 e. The Balaban J connectivity index is 0.544. The summed E-state index contributed by atoms with van der Waals surface area (Å²) < 4.78 is 194. The van der Waals surface area contributed by atoms with Gasteiger partial charge < -0.3 is 101 Å². The van der Waals surface area contributed by atoms with E-state index in [0.29, 0.717) is 28.2 Å². The highest BCUT2D eigenvalue weighted by atomic mass is 31.2. The Morgan fingerprint density at radius 1 is 0.362 bits per heavy atom. The summed E-state index contributed by atoms with van der Waals surface area (Å²) in [5.41, 5.74) is 24.0. The number of phosphoric ester groups is 5. The van der Waals surface area contributed by atoms with Crippen LogP contribution in [0, 0.1) is 6.92 Å². The summed E-state index contributed by atoms with van der Waals surface area (Å²) in [4.78, 5) is 195. The van der Waals surface area contributed by atoms with E-state index in [1.54, 1.807) is 66.7 Å². The lowest BCUT2D eigenvalue weighted by molar-refractivity contribution is -0.0952. The smallest absolute Gasteiger partial charge is 0.472 e. The van der Waals surface area contributed by atoms with E-state index in [4.69, 9.17) is 117 Å². The number of methoxy groups -OCH3 is 2. The molecule has 14 aromatic rings. The third kappa shape index (κ3) is 21.6. The fourth-order valence-corrected chi connectivity index (χ4v) is 23.1. The van der Waals surface area contributed by atoms with E-state index in [9.17, 15) is 81.2 Å². The number of nitrogens with zero attached hydrogens (tertiary/aromatic N) is 17. The topological polar surface area (TPSA) is 865 Å². The molecule has 68 heteroatoms. The fourth-order valence-electron chi connectivity index (χ4n) is 18.3. The number of aromatic amines is 5. The second-order valence-electron chi connectivity index (χ2n) is 34.8. The number of imidazole rings is 5. The molecule has 0 spiro atoms. The van der Waals surface area contributed by atoms with Gasteiger partial charge in [0.25, 0.3) is 27.8 Å². The number of hydrogen-bond acceptors (Lipinski definition) is 47. The molecule has 792 valence electrons. The Bertz CT molecular complexity index is 8000. The van der Waals surface area contributed by atoms with Gasteiger partial charge in [-0.2, -0.15) is 19.9 Å². The second kappa shape index (κ2) is 41.1. The van der Waals surface area contributed by atoms with Crippen LogP contribution in [0.15, 0.2) is 152 Å². The van der Waals surface area contributed by atoms with E-state index >= 15 is 0 Å². The van der Waals surface area contributed by atoms with Gasteiger partial charge in [-0.3, -0.25) is 122 Å². The SMILES string of the molecule is COc1ccc(C(OC[C@H]2O[C@@H](n3cc(C)c(=O)[nH]c3=O)C[C@@H]2OP(=O)(O)OC[C@H]2O[C@@H](n3cnc4c(=O)[nH]c(N)nc43)C[C@@H]2OP(=O)(O)OC[C@H]2O[C@@H](n3cnc4c(=O)[nH]c(N)nc43)C[C@@H]2OP(=O)(O)OC[C@H]2O[C@@H](n3cnc4c(=O)[nH]c(N)nc43)C[C@@H]2OP(=O)(O)OC[C@H]2O[C@@H](n3cnc4c(N)ncnc43)C[C@@H]2OP(=O)(O)OC[C@H]2O[C@@H](n3cnc4c(=O)[nH]c(N)nc43)C[C@@H]2O)(c2ccccc2)c2ccc(OC)cc2)cc1. The molecule has 21 N–H and O–H groups in total. The van der Waals surface area contributed by atoms with Gasteiger partial charge in [0.2, 0.25) is 23.8 Å². The average Bonchev–Trinajstić information content (AvgIpc) is 1.73. The van der Waals surface area contributed by atoms with Crippen LogP contribution in [0.4, 0.5) is 29.6 Å². The fraction of sp³-hybridized carbons (Fsp3) is 0.420. The first kappa shape index (κ1) is 103. The van der Waals surface area contributed by atoms with Gasteiger partial charge in [0.05, 0.1) is 91.6 Å². The van der Waals surface area contributed by atoms with Gasteiger partial charge in [-0.05, 0) is 47.9 Å². The van der Waals surface area contributed by atoms with Crippen LogP contribution in [-0.2, 0) is 107 Å². The molecule has 0 amide bonds. The van der Waals surface area contributed by atoms with E-state index in [1.807, 2.05) is 12.1 Å². The molecule has 20 rings (SSSR count). The van der Waals surface area contributed by atoms with Gasteiger partial charge >= 0.3 is 44.8 Å². The van der Waals surface area contributed by atoms with Crippen molar-refractivity contribution in [1.82, 2.24) is 107 Å². The molecule has 0 saturated carbocycles. The molecule has 0 bridgehead atoms. The number of rotatable bonds is 39. The molecule has 0 radical (unpaired) electrons. The average molecular weight is 2170 g/mol. The Kier molecular flexibility index (Phi) is 28.5. The number of ether oxygens (including phenoxy) is 9. The summed E-state index contributed by atoms with van der Waals surface area (Å²) in [6, 6.07) is 23.0. The minimum absolute atomic E-state index is 0.000710. The number of benzene rings is 3. The highest BCUT2D eigenvalue weighted by Crippen LogP contribution is 2.58. The Hall–Kier alpha value is -12.9. The number of anilines is 5. The molecule has 23 atom stereocenters. The van der Waals surface area contributed by atoms with Crippen LogP contribution in [0.3, 0.4) is 0 Å². The quantitative estimate of drug-likeness (QED) is 0.0193. The van der Waals surface area contributed by atoms with E-state index < -0.39 is 266 Å². The van der Waals surface area contributed by atoms with Crippen molar-refractivity contribution in [3.8, 4) is 11.5 Å². The van der Waals surface area contributed by atoms with Crippen molar-refractivity contribution in [2.75, 3.05) is 82.5 Å². The number of nitrogens with two attached hydrogens (primary N) is 5. The van der Waals surface area contributed by atoms with Crippen LogP contribution in [0.25, 0.3) is 55.8 Å². The molecule has 6 aliphatic heterocycles. The van der Waals surface area contributed by atoms with Crippen LogP contribution < -0.4 is 71.6 Å². The van der Waals surface area contributed by atoms with Crippen molar-refractivity contribution in [2.45, 2.75) is 162 Å². The zero-order valence-electron chi connectivity index (χ0n) is 77.6. The molecule has 6 saturated heterocycles. The zero-order valence-corrected chi connectivity index (χ0v) is 82.1. The van der Waals surface area contributed by atoms with Gasteiger partial charge in [0, 0.05) is 50.3 Å². The lowest BCUT2D eigenvalue weighted by Crippen LogP contribution is -2.38. The van der Waals surface area contributed by atoms with Gasteiger partial charge in [-0.15, -0.1) is 0 Å². The Labute approximate surface area is 831 Å². The number of nitrogens with one attached hydrogen (secondary N) is 5. The van der Waals surface area contributed by atoms with Gasteiger partial charge in [-0.1, -0.05) is 54.6 Å². The summed E-state index contributed by atoms with van der Waals surface area (Å²) in [6.45, 7) is -4.25. The van der Waals surface area contributed by atoms with Crippen LogP contribution >= 0.6 is 39.1 Å². The molecule has 11 aromatic heterocycles. The Morgan fingerprint density at radius 2 is 0.658 bits per heavy atom. The van der Waals surface area contributed by atoms with Gasteiger partial charge in [0.1, 0.15) is 133 Å². The van der Waals surface area contributed by atoms with Crippen molar-refractivity contribution in [3.63, 3.8) is 0 Å². The first-order valence-corrected chi connectivity index (χ1v) is 52.6. The number of aliphatic hydroxyl groups is 1. The van der Waals surface area contributed by atoms with Crippen LogP contribution in [0.5, 0.6) is 11.5 Å². The normalized spacial score (nSPS) is 26.3. The summed E-state index contributed by atoms with van der Waals surface area (Å²) in [5.74, 6) is -0.494. The number of aliphatic hydroxyl groups excluding tert-OH is 1. The van der Waals surface area contributed by atoms with Crippen LogP contribution in [0.2, 0.25) is 0 Å². The number of hydrogen-bond donors (Lipinski definition) is 16. The highest BCUT2D eigenvalue weighted by Gasteiger charge is 2.53. The predicted molar refractivity (Wildman–Crippen MR) is 505 cm³/mol. The molecule has 149 heavy (non-hydrogen) atoms. The molecular formula is C81H92N27O36P5. The third-order valence-corrected chi connectivity index (χ3v) is 30.4. The maximum absolute atomic E-state index is 14.9. The number of nitrogen functional groups attached to an aromatic ring is 5. The standard InChI is InChI=1S/C81H92N27O36P5/c1-36-23-103(80(115)102-71(36)110)55-18-43(49(135-55)24-128-81(37-7-5-4-6-8-37,38-9-13-40(126-2)14-10-38)39-11-15-41(127-3)16-12-39)140-146(118,119)130-27-51-45(20-57(137-51)106-33-91-62-68(106)95-77(84)99-73(62)112)143-148(122,123)132-29-53-47(22-59(139-53)108-35-93-64-70(108)97-79(86)101-75(64)114)144-149(124,125)133-28-52-46(21-58(138-52)107-34-92-63-69(107)96-78(85)100-74(63)113)142-147(120,121)131-26-50-44(19-56(136-50)104-31-89-60-65(82)87-30-88-66(60)104)141-145(116,117)129-25-48-42(109)17-54(134-48)105-32-90-61-67(105)94-76(83)98-72(61)111/h4-16,23,30-35,42-59,109H,17-22,24-29H2,1-3H3,(H,116,117)(H,118,119)(H,120,121)(H,122,123)(H,124,125)(H2,82,87,88)(H,102,110,115)(H3,83,94,98,111)(H3,84,95,99,112)(H3,85,96,100,113)(H3,86,97,101,114)/t42-,43-,44-,45-,46-,47-,48+,49+,50+,51+,52+,53+,54+,55+,56+,57+,58+,59+/m0/s1. The zero-order chi connectivity index (χ0) is 105. The number of aromatic nitrogens is 22. The molecule has 17 heterocycles.